The van der Waals surface area contributed by atoms with Crippen LogP contribution in [0, 0.1) is 13.8 Å². The minimum atomic E-state index is -4.04. The Balaban J connectivity index is 1.57. The van der Waals surface area contributed by atoms with E-state index >= 15 is 0 Å². The third kappa shape index (κ3) is 5.98. The van der Waals surface area contributed by atoms with E-state index in [0.717, 1.165) is 21.1 Å². The van der Waals surface area contributed by atoms with Crippen molar-refractivity contribution in [1.82, 2.24) is 4.90 Å². The number of ether oxygens (including phenoxy) is 1. The van der Waals surface area contributed by atoms with Gasteiger partial charge in [-0.15, -0.1) is 0 Å². The maximum absolute atomic E-state index is 13.7. The first-order chi connectivity index (χ1) is 17.6. The number of amides is 1. The number of aryl methyl sites for hydroxylation is 2. The van der Waals surface area contributed by atoms with Gasteiger partial charge in [0.25, 0.3) is 10.0 Å². The Hall–Kier alpha value is -2.94. The topological polar surface area (TPSA) is 70.2 Å². The maximum Gasteiger partial charge on any atom is 0.264 e. The van der Waals surface area contributed by atoms with E-state index in [2.05, 4.69) is 4.90 Å². The van der Waals surface area contributed by atoms with E-state index in [0.29, 0.717) is 37.0 Å². The molecule has 3 aromatic rings. The van der Waals surface area contributed by atoms with E-state index in [9.17, 15) is 13.2 Å². The fraction of sp³-hybridized carbons (Fsp3) is 0.296. The van der Waals surface area contributed by atoms with Crippen LogP contribution in [0.3, 0.4) is 0 Å². The number of rotatable bonds is 7. The summed E-state index contributed by atoms with van der Waals surface area (Å²) in [6.45, 7) is 5.72. The van der Waals surface area contributed by atoms with Gasteiger partial charge in [-0.2, -0.15) is 0 Å². The third-order valence-corrected chi connectivity index (χ3v) is 8.77. The summed E-state index contributed by atoms with van der Waals surface area (Å²) >= 11 is 12.5. The van der Waals surface area contributed by atoms with Gasteiger partial charge in [-0.25, -0.2) is 8.42 Å². The second-order valence-corrected chi connectivity index (χ2v) is 11.6. The number of hydrogen-bond donors (Lipinski definition) is 0. The number of hydrogen-bond acceptors (Lipinski definition) is 5. The second kappa shape index (κ2) is 11.2. The van der Waals surface area contributed by atoms with Crippen molar-refractivity contribution in [2.45, 2.75) is 18.7 Å². The SMILES string of the molecule is COc1ccc(N(CC(=O)N2CCN(c3cc(Cl)ccc3C)CC2)S(=O)(=O)c2ccc(C)cc2)cc1Cl. The summed E-state index contributed by atoms with van der Waals surface area (Å²) < 4.78 is 33.7. The molecule has 3 aromatic carbocycles. The first kappa shape index (κ1) is 27.1. The minimum absolute atomic E-state index is 0.0964. The van der Waals surface area contributed by atoms with Crippen molar-refractivity contribution in [3.05, 3.63) is 81.8 Å². The number of sulfonamides is 1. The van der Waals surface area contributed by atoms with Gasteiger partial charge in [0.2, 0.25) is 5.91 Å². The molecular weight excluding hydrogens is 533 g/mol. The number of carbonyl (C=O) groups excluding carboxylic acids is 1. The van der Waals surface area contributed by atoms with Crippen LogP contribution >= 0.6 is 23.2 Å². The molecule has 37 heavy (non-hydrogen) atoms. The normalized spacial score (nSPS) is 14.0. The Morgan fingerprint density at radius 3 is 2.24 bits per heavy atom. The highest BCUT2D eigenvalue weighted by atomic mass is 35.5. The monoisotopic (exact) mass is 561 g/mol. The Bertz CT molecular complexity index is 1390. The van der Waals surface area contributed by atoms with Crippen molar-refractivity contribution < 1.29 is 17.9 Å². The number of methoxy groups -OCH3 is 1. The molecule has 0 unspecified atom stereocenters. The van der Waals surface area contributed by atoms with Crippen molar-refractivity contribution in [2.75, 3.05) is 49.0 Å². The number of piperazine rings is 1. The highest BCUT2D eigenvalue weighted by molar-refractivity contribution is 7.92. The van der Waals surface area contributed by atoms with E-state index in [4.69, 9.17) is 27.9 Å². The molecule has 1 amide bonds. The number of carbonyl (C=O) groups is 1. The summed E-state index contributed by atoms with van der Waals surface area (Å²) in [7, 11) is -2.56. The largest absolute Gasteiger partial charge is 0.495 e. The standard InChI is InChI=1S/C27H29Cl2N3O4S/c1-19-4-9-23(10-5-19)37(34,35)32(22-8-11-26(36-3)24(29)17-22)18-27(33)31-14-12-30(13-15-31)25-16-21(28)7-6-20(25)2/h4-11,16-17H,12-15,18H2,1-3H3. The predicted octanol–water partition coefficient (Wildman–Crippen LogP) is 5.16. The summed E-state index contributed by atoms with van der Waals surface area (Å²) in [6.07, 6.45) is 0. The quantitative estimate of drug-likeness (QED) is 0.398. The van der Waals surface area contributed by atoms with Gasteiger partial charge in [0.1, 0.15) is 12.3 Å². The Kier molecular flexibility index (Phi) is 8.21. The van der Waals surface area contributed by atoms with Crippen LogP contribution in [-0.2, 0) is 14.8 Å². The molecule has 0 atom stereocenters. The zero-order chi connectivity index (χ0) is 26.7. The molecule has 0 spiro atoms. The van der Waals surface area contributed by atoms with Gasteiger partial charge < -0.3 is 14.5 Å². The lowest BCUT2D eigenvalue weighted by Gasteiger charge is -2.37. The molecule has 4 rings (SSSR count). The Morgan fingerprint density at radius 1 is 0.946 bits per heavy atom. The number of benzene rings is 3. The summed E-state index contributed by atoms with van der Waals surface area (Å²) in [5.74, 6) is 0.127. The van der Waals surface area contributed by atoms with E-state index in [1.54, 1.807) is 41.3 Å². The molecule has 0 aliphatic carbocycles. The molecule has 196 valence electrons. The van der Waals surface area contributed by atoms with Crippen molar-refractivity contribution >= 4 is 50.5 Å². The minimum Gasteiger partial charge on any atom is -0.495 e. The van der Waals surface area contributed by atoms with Crippen LogP contribution in [-0.4, -0.2) is 59.1 Å². The van der Waals surface area contributed by atoms with E-state index < -0.39 is 10.0 Å². The lowest BCUT2D eigenvalue weighted by atomic mass is 10.1. The second-order valence-electron chi connectivity index (χ2n) is 8.94. The van der Waals surface area contributed by atoms with E-state index in [-0.39, 0.29) is 28.1 Å². The zero-order valence-electron chi connectivity index (χ0n) is 20.9. The van der Waals surface area contributed by atoms with Crippen LogP contribution in [0.1, 0.15) is 11.1 Å². The molecule has 10 heteroatoms. The van der Waals surface area contributed by atoms with Crippen LogP contribution in [0.5, 0.6) is 5.75 Å². The highest BCUT2D eigenvalue weighted by Gasteiger charge is 2.31. The van der Waals surface area contributed by atoms with Crippen LogP contribution in [0.4, 0.5) is 11.4 Å². The summed E-state index contributed by atoms with van der Waals surface area (Å²) in [5.41, 5.74) is 3.36. The molecule has 1 aliphatic rings. The summed E-state index contributed by atoms with van der Waals surface area (Å²) in [6, 6.07) is 17.0. The predicted molar refractivity (Wildman–Crippen MR) is 149 cm³/mol. The van der Waals surface area contributed by atoms with Gasteiger partial charge in [-0.3, -0.25) is 9.10 Å². The average molecular weight is 563 g/mol. The lowest BCUT2D eigenvalue weighted by Crippen LogP contribution is -2.52. The molecule has 1 aliphatic heterocycles. The molecule has 0 bridgehead atoms. The Morgan fingerprint density at radius 2 is 1.62 bits per heavy atom. The first-order valence-electron chi connectivity index (χ1n) is 11.8. The first-order valence-corrected chi connectivity index (χ1v) is 14.0. The zero-order valence-corrected chi connectivity index (χ0v) is 23.3. The molecule has 0 saturated carbocycles. The van der Waals surface area contributed by atoms with E-state index in [1.165, 1.54) is 13.2 Å². The van der Waals surface area contributed by atoms with Crippen molar-refractivity contribution in [2.24, 2.45) is 0 Å². The van der Waals surface area contributed by atoms with Gasteiger partial charge >= 0.3 is 0 Å². The van der Waals surface area contributed by atoms with Crippen LogP contribution in [0.25, 0.3) is 0 Å². The number of anilines is 2. The number of halogens is 2. The van der Waals surface area contributed by atoms with Crippen LogP contribution in [0.2, 0.25) is 10.0 Å². The molecule has 1 fully saturated rings. The molecular formula is C27H29Cl2N3O4S. The molecule has 0 N–H and O–H groups in total. The summed E-state index contributed by atoms with van der Waals surface area (Å²) in [5, 5.41) is 0.913. The van der Waals surface area contributed by atoms with Crippen LogP contribution in [0.15, 0.2) is 65.6 Å². The highest BCUT2D eigenvalue weighted by Crippen LogP contribution is 2.32. The molecule has 0 aromatic heterocycles. The van der Waals surface area contributed by atoms with Gasteiger partial charge in [0.05, 0.1) is 22.7 Å². The van der Waals surface area contributed by atoms with Crippen molar-refractivity contribution in [3.8, 4) is 5.75 Å². The van der Waals surface area contributed by atoms with Gasteiger partial charge in [0.15, 0.2) is 0 Å². The van der Waals surface area contributed by atoms with Gasteiger partial charge in [-0.05, 0) is 61.9 Å². The molecule has 1 heterocycles. The Labute approximate surface area is 228 Å². The average Bonchev–Trinajstić information content (AvgIpc) is 2.88. The van der Waals surface area contributed by atoms with Gasteiger partial charge in [0, 0.05) is 36.9 Å². The molecule has 7 nitrogen and oxygen atoms in total. The fourth-order valence-corrected chi connectivity index (χ4v) is 6.13. The van der Waals surface area contributed by atoms with Crippen molar-refractivity contribution in [1.29, 1.82) is 0 Å². The van der Waals surface area contributed by atoms with Crippen molar-refractivity contribution in [3.63, 3.8) is 0 Å². The number of nitrogens with zero attached hydrogens (tertiary/aromatic N) is 3. The molecule has 1 saturated heterocycles. The smallest absolute Gasteiger partial charge is 0.264 e. The van der Waals surface area contributed by atoms with Crippen LogP contribution < -0.4 is 13.9 Å². The molecule has 0 radical (unpaired) electrons. The van der Waals surface area contributed by atoms with E-state index in [1.807, 2.05) is 32.0 Å². The third-order valence-electron chi connectivity index (χ3n) is 6.46. The summed E-state index contributed by atoms with van der Waals surface area (Å²) in [4.78, 5) is 17.4. The maximum atomic E-state index is 13.7. The fourth-order valence-electron chi connectivity index (χ4n) is 4.31. The van der Waals surface area contributed by atoms with Gasteiger partial charge in [-0.1, -0.05) is 47.0 Å². The lowest BCUT2D eigenvalue weighted by molar-refractivity contribution is -0.129.